The number of rotatable bonds is 11. The first-order chi connectivity index (χ1) is 11.7. The number of nitrogens with zero attached hydrogens (tertiary/aromatic N) is 1. The van der Waals surface area contributed by atoms with Crippen molar-refractivity contribution in [3.63, 3.8) is 0 Å². The SMILES string of the molecule is CC(C)NCC(=O)N[C@@H](CCCCN1C(=O)CCC1=O)C(=O)C(C)C. The Morgan fingerprint density at radius 2 is 1.64 bits per heavy atom. The maximum Gasteiger partial charge on any atom is 0.234 e. The van der Waals surface area contributed by atoms with Crippen molar-refractivity contribution in [2.24, 2.45) is 5.92 Å². The third-order valence-corrected chi connectivity index (χ3v) is 4.20. The summed E-state index contributed by atoms with van der Waals surface area (Å²) in [4.78, 5) is 48.7. The predicted molar refractivity (Wildman–Crippen MR) is 94.7 cm³/mol. The van der Waals surface area contributed by atoms with Gasteiger partial charge in [0.05, 0.1) is 12.6 Å². The molecule has 7 nitrogen and oxygen atoms in total. The first kappa shape index (κ1) is 21.3. The zero-order valence-electron chi connectivity index (χ0n) is 15.8. The molecule has 1 saturated heterocycles. The summed E-state index contributed by atoms with van der Waals surface area (Å²) in [7, 11) is 0. The second kappa shape index (κ2) is 10.3. The van der Waals surface area contributed by atoms with E-state index in [1.165, 1.54) is 4.90 Å². The standard InChI is InChI=1S/C18H31N3O4/c1-12(2)18(25)14(20-15(22)11-19-13(3)4)7-5-6-10-21-16(23)8-9-17(21)24/h12-14,19H,5-11H2,1-4H3,(H,20,22)/t14-/m0/s1. The van der Waals surface area contributed by atoms with Crippen LogP contribution in [0.2, 0.25) is 0 Å². The predicted octanol–water partition coefficient (Wildman–Crippen LogP) is 1.01. The number of nitrogens with one attached hydrogen (secondary N) is 2. The van der Waals surface area contributed by atoms with E-state index in [9.17, 15) is 19.2 Å². The highest BCUT2D eigenvalue weighted by Gasteiger charge is 2.28. The molecule has 25 heavy (non-hydrogen) atoms. The first-order valence-electron chi connectivity index (χ1n) is 9.12. The topological polar surface area (TPSA) is 95.6 Å². The van der Waals surface area contributed by atoms with E-state index in [4.69, 9.17) is 0 Å². The second-order valence-electron chi connectivity index (χ2n) is 7.15. The number of carbonyl (C=O) groups excluding carboxylic acids is 4. The number of amides is 3. The Kier molecular flexibility index (Phi) is 8.75. The van der Waals surface area contributed by atoms with Crippen molar-refractivity contribution in [1.82, 2.24) is 15.5 Å². The maximum atomic E-state index is 12.3. The van der Waals surface area contributed by atoms with Crippen LogP contribution in [0, 0.1) is 5.92 Å². The molecule has 0 bridgehead atoms. The van der Waals surface area contributed by atoms with E-state index in [1.807, 2.05) is 27.7 Å². The fourth-order valence-corrected chi connectivity index (χ4v) is 2.72. The van der Waals surface area contributed by atoms with Crippen molar-refractivity contribution in [3.8, 4) is 0 Å². The monoisotopic (exact) mass is 353 g/mol. The highest BCUT2D eigenvalue weighted by atomic mass is 16.2. The minimum atomic E-state index is -0.522. The quantitative estimate of drug-likeness (QED) is 0.427. The molecule has 0 spiro atoms. The average Bonchev–Trinajstić information content (AvgIpc) is 2.86. The third kappa shape index (κ3) is 7.34. The number of likely N-dealkylation sites (tertiary alicyclic amines) is 1. The van der Waals surface area contributed by atoms with Crippen LogP contribution in [0.25, 0.3) is 0 Å². The van der Waals surface area contributed by atoms with Gasteiger partial charge in [0.15, 0.2) is 5.78 Å². The zero-order valence-corrected chi connectivity index (χ0v) is 15.8. The van der Waals surface area contributed by atoms with Crippen molar-refractivity contribution < 1.29 is 19.2 Å². The van der Waals surface area contributed by atoms with E-state index in [2.05, 4.69) is 10.6 Å². The van der Waals surface area contributed by atoms with E-state index in [-0.39, 0.29) is 42.0 Å². The van der Waals surface area contributed by atoms with Crippen molar-refractivity contribution in [2.45, 2.75) is 71.9 Å². The summed E-state index contributed by atoms with van der Waals surface area (Å²) in [5, 5.41) is 5.83. The van der Waals surface area contributed by atoms with Crippen molar-refractivity contribution in [3.05, 3.63) is 0 Å². The summed E-state index contributed by atoms with van der Waals surface area (Å²) in [6.07, 6.45) is 2.41. The van der Waals surface area contributed by atoms with E-state index >= 15 is 0 Å². The highest BCUT2D eigenvalue weighted by molar-refractivity contribution is 6.01. The van der Waals surface area contributed by atoms with Crippen molar-refractivity contribution in [1.29, 1.82) is 0 Å². The largest absolute Gasteiger partial charge is 0.345 e. The van der Waals surface area contributed by atoms with Gasteiger partial charge in [-0.3, -0.25) is 24.1 Å². The lowest BCUT2D eigenvalue weighted by Crippen LogP contribution is -2.46. The van der Waals surface area contributed by atoms with Crippen LogP contribution in [-0.4, -0.2) is 53.6 Å². The van der Waals surface area contributed by atoms with Crippen LogP contribution in [-0.2, 0) is 19.2 Å². The number of carbonyl (C=O) groups is 4. The molecule has 0 saturated carbocycles. The summed E-state index contributed by atoms with van der Waals surface area (Å²) in [6, 6.07) is -0.327. The molecule has 0 aliphatic carbocycles. The Hall–Kier alpha value is -1.76. The molecule has 0 aromatic carbocycles. The number of imide groups is 1. The van der Waals surface area contributed by atoms with Gasteiger partial charge in [-0.1, -0.05) is 27.7 Å². The molecule has 142 valence electrons. The molecular weight excluding hydrogens is 322 g/mol. The molecule has 3 amide bonds. The lowest BCUT2D eigenvalue weighted by molar-refractivity contribution is -0.138. The smallest absolute Gasteiger partial charge is 0.234 e. The number of unbranched alkanes of at least 4 members (excludes halogenated alkanes) is 1. The van der Waals surface area contributed by atoms with Gasteiger partial charge in [0.1, 0.15) is 0 Å². The van der Waals surface area contributed by atoms with Gasteiger partial charge in [-0.2, -0.15) is 0 Å². The number of hydrogen-bond donors (Lipinski definition) is 2. The van der Waals surface area contributed by atoms with Gasteiger partial charge >= 0.3 is 0 Å². The van der Waals surface area contributed by atoms with E-state index in [1.54, 1.807) is 0 Å². The number of ketones is 1. The first-order valence-corrected chi connectivity index (χ1v) is 9.12. The minimum absolute atomic E-state index is 0.00576. The van der Waals surface area contributed by atoms with Gasteiger partial charge in [0, 0.05) is 31.3 Å². The van der Waals surface area contributed by atoms with E-state index < -0.39 is 6.04 Å². The average molecular weight is 353 g/mol. The van der Waals surface area contributed by atoms with Crippen LogP contribution < -0.4 is 10.6 Å². The van der Waals surface area contributed by atoms with Crippen LogP contribution in [0.1, 0.15) is 59.8 Å². The van der Waals surface area contributed by atoms with Gasteiger partial charge in [0.2, 0.25) is 17.7 Å². The Morgan fingerprint density at radius 1 is 1.04 bits per heavy atom. The van der Waals surface area contributed by atoms with E-state index in [0.717, 1.165) is 0 Å². The Bertz CT molecular complexity index is 487. The molecule has 1 heterocycles. The minimum Gasteiger partial charge on any atom is -0.345 e. The molecule has 7 heteroatoms. The molecule has 1 aliphatic rings. The Labute approximate surface area is 149 Å². The third-order valence-electron chi connectivity index (χ3n) is 4.20. The molecule has 0 aromatic heterocycles. The fraction of sp³-hybridized carbons (Fsp3) is 0.778. The molecule has 1 aliphatic heterocycles. The molecule has 0 radical (unpaired) electrons. The zero-order chi connectivity index (χ0) is 19.0. The van der Waals surface area contributed by atoms with Crippen LogP contribution in [0.4, 0.5) is 0 Å². The lowest BCUT2D eigenvalue weighted by atomic mass is 9.97. The summed E-state index contributed by atoms with van der Waals surface area (Å²) in [5.74, 6) is -0.588. The molecule has 2 N–H and O–H groups in total. The summed E-state index contributed by atoms with van der Waals surface area (Å²) >= 11 is 0. The maximum absolute atomic E-state index is 12.3. The van der Waals surface area contributed by atoms with Crippen molar-refractivity contribution in [2.75, 3.05) is 13.1 Å². The molecule has 0 aromatic rings. The van der Waals surface area contributed by atoms with Crippen molar-refractivity contribution >= 4 is 23.5 Å². The Morgan fingerprint density at radius 3 is 2.16 bits per heavy atom. The Balaban J connectivity index is 2.45. The van der Waals surface area contributed by atoms with Gasteiger partial charge in [-0.15, -0.1) is 0 Å². The molecule has 1 rings (SSSR count). The summed E-state index contributed by atoms with van der Waals surface area (Å²) < 4.78 is 0. The molecule has 0 unspecified atom stereocenters. The normalized spacial score (nSPS) is 16.0. The van der Waals surface area contributed by atoms with Crippen LogP contribution in [0.3, 0.4) is 0 Å². The summed E-state index contributed by atoms with van der Waals surface area (Å²) in [5.41, 5.74) is 0. The van der Waals surface area contributed by atoms with Gasteiger partial charge in [0.25, 0.3) is 0 Å². The van der Waals surface area contributed by atoms with E-state index in [0.29, 0.717) is 38.6 Å². The number of Topliss-reactive ketones (excluding diaryl/α,β-unsaturated/α-hetero) is 1. The molecule has 1 fully saturated rings. The van der Waals surface area contributed by atoms with Crippen LogP contribution >= 0.6 is 0 Å². The fourth-order valence-electron chi connectivity index (χ4n) is 2.72. The van der Waals surface area contributed by atoms with Crippen LogP contribution in [0.5, 0.6) is 0 Å². The van der Waals surface area contributed by atoms with Gasteiger partial charge in [-0.25, -0.2) is 0 Å². The lowest BCUT2D eigenvalue weighted by Gasteiger charge is -2.21. The second-order valence-corrected chi connectivity index (χ2v) is 7.15. The van der Waals surface area contributed by atoms with Gasteiger partial charge in [-0.05, 0) is 19.3 Å². The summed E-state index contributed by atoms with van der Waals surface area (Å²) in [6.45, 7) is 8.10. The van der Waals surface area contributed by atoms with Gasteiger partial charge < -0.3 is 10.6 Å². The highest BCUT2D eigenvalue weighted by Crippen LogP contribution is 2.14. The molecule has 1 atom stereocenters. The number of hydrogen-bond acceptors (Lipinski definition) is 5. The molecular formula is C18H31N3O4. The van der Waals surface area contributed by atoms with Crippen LogP contribution in [0.15, 0.2) is 0 Å².